The van der Waals surface area contributed by atoms with E-state index in [2.05, 4.69) is 5.32 Å². The number of para-hydroxylation sites is 2. The van der Waals surface area contributed by atoms with Crippen LogP contribution in [-0.4, -0.2) is 33.3 Å². The van der Waals surface area contributed by atoms with Crippen molar-refractivity contribution in [3.05, 3.63) is 53.6 Å². The number of aryl methyl sites for hydroxylation is 1. The molecule has 128 valence electrons. The van der Waals surface area contributed by atoms with Gasteiger partial charge in [-0.3, -0.25) is 4.79 Å². The fraction of sp³-hybridized carbons (Fsp3) is 0.316. The van der Waals surface area contributed by atoms with Crippen LogP contribution in [0.5, 0.6) is 17.2 Å². The Hall–Kier alpha value is -2.69. The van der Waals surface area contributed by atoms with Crippen LogP contribution in [0.15, 0.2) is 42.5 Å². The molecule has 2 rings (SSSR count). The van der Waals surface area contributed by atoms with Gasteiger partial charge in [0, 0.05) is 0 Å². The number of hydrogen-bond acceptors (Lipinski definition) is 4. The molecule has 0 spiro atoms. The van der Waals surface area contributed by atoms with Crippen LogP contribution in [-0.2, 0) is 11.2 Å². The molecule has 0 radical (unpaired) electrons. The molecular formula is C19H23NO4. The third-order valence-corrected chi connectivity index (χ3v) is 3.57. The summed E-state index contributed by atoms with van der Waals surface area (Å²) in [5, 5.41) is 2.85. The van der Waals surface area contributed by atoms with Crippen molar-refractivity contribution in [1.29, 1.82) is 0 Å². The van der Waals surface area contributed by atoms with Crippen molar-refractivity contribution in [2.24, 2.45) is 0 Å². The van der Waals surface area contributed by atoms with Gasteiger partial charge in [0.15, 0.2) is 11.5 Å². The molecule has 2 aromatic carbocycles. The lowest BCUT2D eigenvalue weighted by Crippen LogP contribution is -2.29. The first kappa shape index (κ1) is 17.7. The molecule has 0 atom stereocenters. The smallest absolute Gasteiger partial charge is 0.224 e. The van der Waals surface area contributed by atoms with Crippen LogP contribution in [0.4, 0.5) is 0 Å². The van der Waals surface area contributed by atoms with E-state index in [1.165, 1.54) is 0 Å². The van der Waals surface area contributed by atoms with Crippen LogP contribution in [0.3, 0.4) is 0 Å². The van der Waals surface area contributed by atoms with Gasteiger partial charge in [0.2, 0.25) is 5.91 Å². The fourth-order valence-electron chi connectivity index (χ4n) is 2.39. The lowest BCUT2D eigenvalue weighted by molar-refractivity contribution is -0.120. The van der Waals surface area contributed by atoms with Gasteiger partial charge in [0.1, 0.15) is 12.4 Å². The number of benzene rings is 2. The maximum absolute atomic E-state index is 12.0. The average Bonchev–Trinajstić information content (AvgIpc) is 2.59. The van der Waals surface area contributed by atoms with Crippen LogP contribution in [0, 0.1) is 6.92 Å². The minimum absolute atomic E-state index is 0.0387. The number of ether oxygens (including phenoxy) is 3. The lowest BCUT2D eigenvalue weighted by Gasteiger charge is -2.11. The van der Waals surface area contributed by atoms with Gasteiger partial charge in [-0.15, -0.1) is 0 Å². The summed E-state index contributed by atoms with van der Waals surface area (Å²) in [6.07, 6.45) is 0.333. The summed E-state index contributed by atoms with van der Waals surface area (Å²) in [6, 6.07) is 13.2. The summed E-state index contributed by atoms with van der Waals surface area (Å²) in [4.78, 5) is 12.0. The van der Waals surface area contributed by atoms with Gasteiger partial charge in [-0.1, -0.05) is 24.3 Å². The summed E-state index contributed by atoms with van der Waals surface area (Å²) in [5.41, 5.74) is 1.97. The highest BCUT2D eigenvalue weighted by molar-refractivity contribution is 5.78. The standard InChI is InChI=1S/C19H23NO4/c1-14-12-15(8-9-16(14)22-2)13-19(21)20-10-11-24-18-7-5-4-6-17(18)23-3/h4-9,12H,10-11,13H2,1-3H3,(H,20,21). The van der Waals surface area contributed by atoms with Crippen molar-refractivity contribution in [2.45, 2.75) is 13.3 Å². The Kier molecular flexibility index (Phi) is 6.49. The highest BCUT2D eigenvalue weighted by Crippen LogP contribution is 2.25. The Labute approximate surface area is 142 Å². The zero-order chi connectivity index (χ0) is 17.4. The molecule has 24 heavy (non-hydrogen) atoms. The molecule has 1 amide bonds. The molecule has 0 aliphatic carbocycles. The summed E-state index contributed by atoms with van der Waals surface area (Å²) in [6.45, 7) is 2.78. The predicted molar refractivity (Wildman–Crippen MR) is 92.9 cm³/mol. The Morgan fingerprint density at radius 2 is 1.71 bits per heavy atom. The monoisotopic (exact) mass is 329 g/mol. The predicted octanol–water partition coefficient (Wildman–Crippen LogP) is 2.75. The topological polar surface area (TPSA) is 56.8 Å². The Bertz CT molecular complexity index is 685. The molecule has 0 unspecified atom stereocenters. The molecule has 5 nitrogen and oxygen atoms in total. The van der Waals surface area contributed by atoms with E-state index in [0.29, 0.717) is 31.1 Å². The second-order valence-electron chi connectivity index (χ2n) is 5.33. The third-order valence-electron chi connectivity index (χ3n) is 3.57. The van der Waals surface area contributed by atoms with E-state index in [4.69, 9.17) is 14.2 Å². The largest absolute Gasteiger partial charge is 0.496 e. The molecule has 0 aliphatic rings. The van der Waals surface area contributed by atoms with Gasteiger partial charge in [-0.25, -0.2) is 0 Å². The molecule has 0 saturated heterocycles. The number of carbonyl (C=O) groups excluding carboxylic acids is 1. The average molecular weight is 329 g/mol. The normalized spacial score (nSPS) is 10.1. The second-order valence-corrected chi connectivity index (χ2v) is 5.33. The van der Waals surface area contributed by atoms with E-state index in [1.54, 1.807) is 14.2 Å². The second kappa shape index (κ2) is 8.82. The van der Waals surface area contributed by atoms with E-state index in [0.717, 1.165) is 16.9 Å². The number of carbonyl (C=O) groups is 1. The third kappa shape index (κ3) is 4.91. The van der Waals surface area contributed by atoms with Crippen molar-refractivity contribution in [1.82, 2.24) is 5.32 Å². The minimum Gasteiger partial charge on any atom is -0.496 e. The first-order chi connectivity index (χ1) is 11.6. The first-order valence-corrected chi connectivity index (χ1v) is 7.80. The van der Waals surface area contributed by atoms with Crippen molar-refractivity contribution < 1.29 is 19.0 Å². The summed E-state index contributed by atoms with van der Waals surface area (Å²) >= 11 is 0. The number of methoxy groups -OCH3 is 2. The van der Waals surface area contributed by atoms with Crippen LogP contribution in [0.25, 0.3) is 0 Å². The van der Waals surface area contributed by atoms with Gasteiger partial charge in [-0.2, -0.15) is 0 Å². The summed E-state index contributed by atoms with van der Waals surface area (Å²) in [5.74, 6) is 2.13. The molecule has 0 aromatic heterocycles. The van der Waals surface area contributed by atoms with Crippen molar-refractivity contribution in [2.75, 3.05) is 27.4 Å². The van der Waals surface area contributed by atoms with E-state index >= 15 is 0 Å². The van der Waals surface area contributed by atoms with Gasteiger partial charge < -0.3 is 19.5 Å². The number of hydrogen-bond donors (Lipinski definition) is 1. The van der Waals surface area contributed by atoms with Crippen LogP contribution < -0.4 is 19.5 Å². The molecule has 2 aromatic rings. The van der Waals surface area contributed by atoms with Crippen molar-refractivity contribution in [3.8, 4) is 17.2 Å². The Morgan fingerprint density at radius 3 is 2.38 bits per heavy atom. The molecule has 0 heterocycles. The first-order valence-electron chi connectivity index (χ1n) is 7.80. The maximum Gasteiger partial charge on any atom is 0.224 e. The molecule has 0 aliphatic heterocycles. The molecule has 1 N–H and O–H groups in total. The van der Waals surface area contributed by atoms with Crippen molar-refractivity contribution in [3.63, 3.8) is 0 Å². The Balaban J connectivity index is 1.76. The fourth-order valence-corrected chi connectivity index (χ4v) is 2.39. The molecular weight excluding hydrogens is 306 g/mol. The quantitative estimate of drug-likeness (QED) is 0.757. The minimum atomic E-state index is -0.0387. The summed E-state index contributed by atoms with van der Waals surface area (Å²) in [7, 11) is 3.23. The SMILES string of the molecule is COc1ccc(CC(=O)NCCOc2ccccc2OC)cc1C. The van der Waals surface area contributed by atoms with E-state index in [-0.39, 0.29) is 5.91 Å². The van der Waals surface area contributed by atoms with Gasteiger partial charge >= 0.3 is 0 Å². The molecule has 0 bridgehead atoms. The van der Waals surface area contributed by atoms with Crippen LogP contribution in [0.1, 0.15) is 11.1 Å². The highest BCUT2D eigenvalue weighted by Gasteiger charge is 2.06. The number of nitrogens with one attached hydrogen (secondary N) is 1. The molecule has 5 heteroatoms. The van der Waals surface area contributed by atoms with Crippen LogP contribution >= 0.6 is 0 Å². The van der Waals surface area contributed by atoms with E-state index < -0.39 is 0 Å². The zero-order valence-corrected chi connectivity index (χ0v) is 14.3. The van der Waals surface area contributed by atoms with Gasteiger partial charge in [0.05, 0.1) is 27.2 Å². The van der Waals surface area contributed by atoms with Gasteiger partial charge in [-0.05, 0) is 36.2 Å². The number of amides is 1. The lowest BCUT2D eigenvalue weighted by atomic mass is 10.1. The van der Waals surface area contributed by atoms with E-state index in [9.17, 15) is 4.79 Å². The van der Waals surface area contributed by atoms with Crippen molar-refractivity contribution >= 4 is 5.91 Å². The zero-order valence-electron chi connectivity index (χ0n) is 14.3. The highest BCUT2D eigenvalue weighted by atomic mass is 16.5. The summed E-state index contributed by atoms with van der Waals surface area (Å²) < 4.78 is 16.0. The number of rotatable bonds is 8. The van der Waals surface area contributed by atoms with E-state index in [1.807, 2.05) is 49.4 Å². The maximum atomic E-state index is 12.0. The Morgan fingerprint density at radius 1 is 1.00 bits per heavy atom. The molecule has 0 fully saturated rings. The van der Waals surface area contributed by atoms with Gasteiger partial charge in [0.25, 0.3) is 0 Å². The molecule has 0 saturated carbocycles. The van der Waals surface area contributed by atoms with Crippen LogP contribution in [0.2, 0.25) is 0 Å².